The van der Waals surface area contributed by atoms with E-state index in [1.165, 1.54) is 19.3 Å². The molecule has 0 aliphatic rings. The van der Waals surface area contributed by atoms with Crippen LogP contribution in [0.5, 0.6) is 0 Å². The van der Waals surface area contributed by atoms with Crippen LogP contribution in [0.4, 0.5) is 0 Å². The summed E-state index contributed by atoms with van der Waals surface area (Å²) in [5.74, 6) is 4.94. The zero-order chi connectivity index (χ0) is 11.7. The summed E-state index contributed by atoms with van der Waals surface area (Å²) in [6, 6.07) is 0.444. The number of nitrogens with two attached hydrogens (primary N) is 1. The zero-order valence-electron chi connectivity index (χ0n) is 10.3. The molecule has 1 amide bonds. The van der Waals surface area contributed by atoms with Crippen molar-refractivity contribution < 1.29 is 4.79 Å². The van der Waals surface area contributed by atoms with Crippen LogP contribution in [0.15, 0.2) is 0 Å². The highest BCUT2D eigenvalue weighted by atomic mass is 16.2. The minimum absolute atomic E-state index is 0.0798. The third kappa shape index (κ3) is 7.33. The van der Waals surface area contributed by atoms with Crippen molar-refractivity contribution in [3.05, 3.63) is 0 Å². The molecular weight excluding hydrogens is 190 g/mol. The quantitative estimate of drug-likeness (QED) is 0.277. The molecule has 4 nitrogen and oxygen atoms in total. The molecule has 0 fully saturated rings. The average molecular weight is 215 g/mol. The van der Waals surface area contributed by atoms with E-state index in [-0.39, 0.29) is 5.91 Å². The first-order chi connectivity index (χ1) is 7.11. The van der Waals surface area contributed by atoms with E-state index >= 15 is 0 Å². The predicted molar refractivity (Wildman–Crippen MR) is 63.2 cm³/mol. The lowest BCUT2D eigenvalue weighted by atomic mass is 10.1. The topological polar surface area (TPSA) is 58.4 Å². The highest BCUT2D eigenvalue weighted by molar-refractivity contribution is 5.75. The summed E-state index contributed by atoms with van der Waals surface area (Å²) >= 11 is 0. The average Bonchev–Trinajstić information content (AvgIpc) is 2.25. The Morgan fingerprint density at radius 2 is 2.13 bits per heavy atom. The Morgan fingerprint density at radius 1 is 1.47 bits per heavy atom. The van der Waals surface area contributed by atoms with E-state index in [9.17, 15) is 4.79 Å². The van der Waals surface area contributed by atoms with E-state index in [4.69, 9.17) is 5.84 Å². The third-order valence-electron chi connectivity index (χ3n) is 2.82. The third-order valence-corrected chi connectivity index (χ3v) is 2.82. The van der Waals surface area contributed by atoms with Gasteiger partial charge in [-0.3, -0.25) is 10.2 Å². The lowest BCUT2D eigenvalue weighted by Crippen LogP contribution is -2.34. The first-order valence-electron chi connectivity index (χ1n) is 5.81. The number of carbonyl (C=O) groups excluding carboxylic acids is 1. The molecule has 0 radical (unpaired) electrons. The Morgan fingerprint density at radius 3 is 2.67 bits per heavy atom. The second kappa shape index (κ2) is 8.68. The molecule has 90 valence electrons. The Labute approximate surface area is 93.2 Å². The minimum Gasteiger partial charge on any atom is -0.304 e. The SMILES string of the molecule is CCCCCN(C)C(C)CCC(=O)NN. The van der Waals surface area contributed by atoms with Gasteiger partial charge in [-0.2, -0.15) is 0 Å². The zero-order valence-corrected chi connectivity index (χ0v) is 10.3. The molecule has 15 heavy (non-hydrogen) atoms. The second-order valence-electron chi connectivity index (χ2n) is 4.14. The molecule has 0 heterocycles. The maximum absolute atomic E-state index is 10.9. The minimum atomic E-state index is -0.0798. The molecule has 0 aliphatic carbocycles. The van der Waals surface area contributed by atoms with Gasteiger partial charge >= 0.3 is 0 Å². The van der Waals surface area contributed by atoms with Gasteiger partial charge < -0.3 is 4.90 Å². The van der Waals surface area contributed by atoms with Crippen molar-refractivity contribution >= 4 is 5.91 Å². The summed E-state index contributed by atoms with van der Waals surface area (Å²) in [6.07, 6.45) is 5.14. The van der Waals surface area contributed by atoms with Gasteiger partial charge in [0, 0.05) is 12.5 Å². The molecular formula is C11H25N3O. The molecule has 0 saturated carbocycles. The van der Waals surface area contributed by atoms with E-state index in [1.807, 2.05) is 0 Å². The summed E-state index contributed by atoms with van der Waals surface area (Å²) in [5, 5.41) is 0. The van der Waals surface area contributed by atoms with Gasteiger partial charge in [0.2, 0.25) is 5.91 Å². The first-order valence-corrected chi connectivity index (χ1v) is 5.81. The van der Waals surface area contributed by atoms with Gasteiger partial charge in [0.05, 0.1) is 0 Å². The van der Waals surface area contributed by atoms with Gasteiger partial charge in [-0.1, -0.05) is 19.8 Å². The number of rotatable bonds is 8. The van der Waals surface area contributed by atoms with Crippen LogP contribution < -0.4 is 11.3 Å². The summed E-state index contributed by atoms with van der Waals surface area (Å²) < 4.78 is 0. The van der Waals surface area contributed by atoms with Crippen LogP contribution in [-0.4, -0.2) is 30.4 Å². The number of carbonyl (C=O) groups is 1. The van der Waals surface area contributed by atoms with Crippen LogP contribution in [0.1, 0.15) is 46.0 Å². The number of hydrogen-bond acceptors (Lipinski definition) is 3. The second-order valence-corrected chi connectivity index (χ2v) is 4.14. The lowest BCUT2D eigenvalue weighted by molar-refractivity contribution is -0.121. The highest BCUT2D eigenvalue weighted by Gasteiger charge is 2.10. The van der Waals surface area contributed by atoms with Crippen molar-refractivity contribution in [2.45, 2.75) is 52.0 Å². The molecule has 0 rings (SSSR count). The van der Waals surface area contributed by atoms with Crippen LogP contribution in [0.3, 0.4) is 0 Å². The van der Waals surface area contributed by atoms with E-state index in [0.717, 1.165) is 13.0 Å². The Balaban J connectivity index is 3.59. The van der Waals surface area contributed by atoms with E-state index in [1.54, 1.807) is 0 Å². The van der Waals surface area contributed by atoms with E-state index in [0.29, 0.717) is 12.5 Å². The van der Waals surface area contributed by atoms with Crippen molar-refractivity contribution in [1.29, 1.82) is 0 Å². The number of unbranched alkanes of at least 4 members (excludes halogenated alkanes) is 2. The van der Waals surface area contributed by atoms with Crippen molar-refractivity contribution in [3.8, 4) is 0 Å². The van der Waals surface area contributed by atoms with Gasteiger partial charge in [0.1, 0.15) is 0 Å². The fourth-order valence-electron chi connectivity index (χ4n) is 1.46. The van der Waals surface area contributed by atoms with Crippen molar-refractivity contribution in [3.63, 3.8) is 0 Å². The largest absolute Gasteiger partial charge is 0.304 e. The number of hydrazine groups is 1. The van der Waals surface area contributed by atoms with Gasteiger partial charge in [-0.05, 0) is 33.4 Å². The number of nitrogens with zero attached hydrogens (tertiary/aromatic N) is 1. The molecule has 0 aliphatic heterocycles. The smallest absolute Gasteiger partial charge is 0.233 e. The van der Waals surface area contributed by atoms with Crippen LogP contribution in [0.25, 0.3) is 0 Å². The standard InChI is InChI=1S/C11H25N3O/c1-4-5-6-9-14(3)10(2)7-8-11(15)13-12/h10H,4-9,12H2,1-3H3,(H,13,15). The summed E-state index contributed by atoms with van der Waals surface area (Å²) in [5.41, 5.74) is 2.15. The van der Waals surface area contributed by atoms with E-state index in [2.05, 4.69) is 31.2 Å². The van der Waals surface area contributed by atoms with Crippen LogP contribution >= 0.6 is 0 Å². The molecule has 0 aromatic heterocycles. The monoisotopic (exact) mass is 215 g/mol. The van der Waals surface area contributed by atoms with Crippen LogP contribution in [0, 0.1) is 0 Å². The molecule has 0 aromatic rings. The number of hydrogen-bond donors (Lipinski definition) is 2. The fourth-order valence-corrected chi connectivity index (χ4v) is 1.46. The molecule has 1 atom stereocenters. The molecule has 1 unspecified atom stereocenters. The normalized spacial score (nSPS) is 12.9. The van der Waals surface area contributed by atoms with Crippen LogP contribution in [-0.2, 0) is 4.79 Å². The highest BCUT2D eigenvalue weighted by Crippen LogP contribution is 2.06. The van der Waals surface area contributed by atoms with Gasteiger partial charge in [0.15, 0.2) is 0 Å². The lowest BCUT2D eigenvalue weighted by Gasteiger charge is -2.24. The number of nitrogens with one attached hydrogen (secondary N) is 1. The summed E-state index contributed by atoms with van der Waals surface area (Å²) in [4.78, 5) is 13.2. The molecule has 4 heteroatoms. The van der Waals surface area contributed by atoms with Crippen molar-refractivity contribution in [2.24, 2.45) is 5.84 Å². The maximum Gasteiger partial charge on any atom is 0.233 e. The van der Waals surface area contributed by atoms with Crippen molar-refractivity contribution in [1.82, 2.24) is 10.3 Å². The molecule has 3 N–H and O–H groups in total. The van der Waals surface area contributed by atoms with Crippen molar-refractivity contribution in [2.75, 3.05) is 13.6 Å². The van der Waals surface area contributed by atoms with Gasteiger partial charge in [0.25, 0.3) is 0 Å². The molecule has 0 bridgehead atoms. The Hall–Kier alpha value is -0.610. The summed E-state index contributed by atoms with van der Waals surface area (Å²) in [7, 11) is 2.11. The fraction of sp³-hybridized carbons (Fsp3) is 0.909. The number of amides is 1. The Kier molecular flexibility index (Phi) is 8.33. The summed E-state index contributed by atoms with van der Waals surface area (Å²) in [6.45, 7) is 5.46. The Bertz CT molecular complexity index is 173. The molecule has 0 saturated heterocycles. The van der Waals surface area contributed by atoms with E-state index < -0.39 is 0 Å². The first kappa shape index (κ1) is 14.4. The maximum atomic E-state index is 10.9. The van der Waals surface area contributed by atoms with Gasteiger partial charge in [-0.25, -0.2) is 5.84 Å². The molecule has 0 aromatic carbocycles. The molecule has 0 spiro atoms. The predicted octanol–water partition coefficient (Wildman–Crippen LogP) is 1.27. The van der Waals surface area contributed by atoms with Crippen LogP contribution in [0.2, 0.25) is 0 Å². The van der Waals surface area contributed by atoms with Gasteiger partial charge in [-0.15, -0.1) is 0 Å².